The molecule has 0 atom stereocenters. The number of hydrogen-bond acceptors (Lipinski definition) is 4. The molecule has 0 radical (unpaired) electrons. The summed E-state index contributed by atoms with van der Waals surface area (Å²) in [7, 11) is 0. The van der Waals surface area contributed by atoms with Gasteiger partial charge in [0, 0.05) is 18.9 Å². The molecule has 3 N–H and O–H groups in total. The second-order valence-corrected chi connectivity index (χ2v) is 7.90. The van der Waals surface area contributed by atoms with E-state index in [1.807, 2.05) is 36.4 Å². The summed E-state index contributed by atoms with van der Waals surface area (Å²) in [4.78, 5) is 35.2. The summed E-state index contributed by atoms with van der Waals surface area (Å²) in [5.74, 6) is -2.48. The van der Waals surface area contributed by atoms with E-state index in [1.165, 1.54) is 0 Å². The van der Waals surface area contributed by atoms with Crippen LogP contribution in [0.15, 0.2) is 66.7 Å². The molecule has 0 saturated carbocycles. The van der Waals surface area contributed by atoms with E-state index in [9.17, 15) is 18.8 Å². The number of nitrogens with one attached hydrogen (secondary N) is 2. The first kappa shape index (κ1) is 23.0. The lowest BCUT2D eigenvalue weighted by Gasteiger charge is -2.14. The Balaban J connectivity index is 1.22. The van der Waals surface area contributed by atoms with Crippen LogP contribution in [-0.2, 0) is 9.53 Å². The fraction of sp³-hybridized carbons (Fsp3) is 0.192. The third kappa shape index (κ3) is 5.06. The fourth-order valence-corrected chi connectivity index (χ4v) is 4.06. The highest BCUT2D eigenvalue weighted by Gasteiger charge is 2.28. The van der Waals surface area contributed by atoms with Crippen molar-refractivity contribution in [3.8, 4) is 11.1 Å². The Labute approximate surface area is 195 Å². The van der Waals surface area contributed by atoms with Crippen molar-refractivity contribution < 1.29 is 28.6 Å². The second-order valence-electron chi connectivity index (χ2n) is 7.90. The molecular weight excluding hydrogens is 439 g/mol. The minimum Gasteiger partial charge on any atom is -0.478 e. The number of carboxylic acid groups (broad SMARTS) is 1. The summed E-state index contributed by atoms with van der Waals surface area (Å²) < 4.78 is 19.2. The number of rotatable bonds is 8. The highest BCUT2D eigenvalue weighted by Crippen LogP contribution is 2.44. The number of alkyl carbamates (subject to hydrolysis) is 1. The molecule has 3 aromatic carbocycles. The summed E-state index contributed by atoms with van der Waals surface area (Å²) in [6, 6.07) is 19.3. The number of hydrogen-bond donors (Lipinski definition) is 3. The van der Waals surface area contributed by atoms with Gasteiger partial charge in [-0.05, 0) is 46.9 Å². The maximum absolute atomic E-state index is 13.8. The van der Waals surface area contributed by atoms with Gasteiger partial charge in [0.05, 0.1) is 11.3 Å². The van der Waals surface area contributed by atoms with E-state index in [1.54, 1.807) is 0 Å². The third-order valence-corrected chi connectivity index (χ3v) is 5.68. The van der Waals surface area contributed by atoms with Gasteiger partial charge in [0.25, 0.3) is 0 Å². The van der Waals surface area contributed by atoms with Crippen LogP contribution >= 0.6 is 0 Å². The standard InChI is InChI=1S/C26H23FN2O5/c27-22-12-11-16(25(31)32)14-23(22)29-24(30)10-5-13-28-26(33)34-15-21-19-8-3-1-6-17(19)18-7-2-4-9-20(18)21/h1-4,6-9,11-12,14,21H,5,10,13,15H2,(H,28,33)(H,29,30)(H,31,32). The van der Waals surface area contributed by atoms with Gasteiger partial charge in [0.2, 0.25) is 5.91 Å². The van der Waals surface area contributed by atoms with Crippen LogP contribution in [0.1, 0.15) is 40.2 Å². The molecule has 34 heavy (non-hydrogen) atoms. The molecule has 4 rings (SSSR count). The maximum atomic E-state index is 13.8. The van der Waals surface area contributed by atoms with E-state index in [2.05, 4.69) is 22.8 Å². The summed E-state index contributed by atoms with van der Waals surface area (Å²) in [5, 5.41) is 14.0. The van der Waals surface area contributed by atoms with Crippen LogP contribution in [0, 0.1) is 5.82 Å². The number of ether oxygens (including phenoxy) is 1. The van der Waals surface area contributed by atoms with Crippen LogP contribution in [0.3, 0.4) is 0 Å². The zero-order chi connectivity index (χ0) is 24.1. The molecule has 0 fully saturated rings. The molecule has 0 unspecified atom stereocenters. The quantitative estimate of drug-likeness (QED) is 0.418. The Morgan fingerprint density at radius 2 is 1.59 bits per heavy atom. The van der Waals surface area contributed by atoms with Crippen LogP contribution < -0.4 is 10.6 Å². The Kier molecular flexibility index (Phi) is 6.87. The molecule has 0 spiro atoms. The third-order valence-electron chi connectivity index (χ3n) is 5.68. The number of benzene rings is 3. The molecule has 1 aliphatic carbocycles. The first-order chi connectivity index (χ1) is 16.4. The Hall–Kier alpha value is -4.20. The fourth-order valence-electron chi connectivity index (χ4n) is 4.06. The monoisotopic (exact) mass is 462 g/mol. The predicted octanol–water partition coefficient (Wildman–Crippen LogP) is 4.78. The van der Waals surface area contributed by atoms with Gasteiger partial charge in [0.15, 0.2) is 0 Å². The van der Waals surface area contributed by atoms with Crippen LogP contribution in [0.4, 0.5) is 14.9 Å². The number of fused-ring (bicyclic) bond motifs is 3. The summed E-state index contributed by atoms with van der Waals surface area (Å²) >= 11 is 0. The van der Waals surface area contributed by atoms with Gasteiger partial charge in [-0.2, -0.15) is 0 Å². The number of carbonyl (C=O) groups excluding carboxylic acids is 2. The molecule has 174 valence electrons. The van der Waals surface area contributed by atoms with E-state index >= 15 is 0 Å². The normalized spacial score (nSPS) is 11.9. The lowest BCUT2D eigenvalue weighted by atomic mass is 9.98. The van der Waals surface area contributed by atoms with Crippen molar-refractivity contribution in [2.24, 2.45) is 0 Å². The highest BCUT2D eigenvalue weighted by molar-refractivity contribution is 5.94. The summed E-state index contributed by atoms with van der Waals surface area (Å²) in [6.45, 7) is 0.390. The van der Waals surface area contributed by atoms with Gasteiger partial charge in [-0.3, -0.25) is 4.79 Å². The maximum Gasteiger partial charge on any atom is 0.407 e. The van der Waals surface area contributed by atoms with Gasteiger partial charge in [0.1, 0.15) is 12.4 Å². The van der Waals surface area contributed by atoms with E-state index < -0.39 is 23.8 Å². The molecular formula is C26H23FN2O5. The SMILES string of the molecule is O=C(CCCNC(=O)OCC1c2ccccc2-c2ccccc21)Nc1cc(C(=O)O)ccc1F. The van der Waals surface area contributed by atoms with Crippen molar-refractivity contribution in [2.45, 2.75) is 18.8 Å². The number of anilines is 1. The molecule has 0 heterocycles. The molecule has 0 bridgehead atoms. The zero-order valence-electron chi connectivity index (χ0n) is 18.2. The summed E-state index contributed by atoms with van der Waals surface area (Å²) in [6.07, 6.45) is -0.265. The predicted molar refractivity (Wildman–Crippen MR) is 124 cm³/mol. The van der Waals surface area contributed by atoms with Crippen molar-refractivity contribution in [1.82, 2.24) is 5.32 Å². The van der Waals surface area contributed by atoms with Crippen molar-refractivity contribution in [3.63, 3.8) is 0 Å². The van der Waals surface area contributed by atoms with E-state index in [4.69, 9.17) is 9.84 Å². The molecule has 1 aliphatic rings. The zero-order valence-corrected chi connectivity index (χ0v) is 18.2. The van der Waals surface area contributed by atoms with Crippen LogP contribution in [0.2, 0.25) is 0 Å². The Morgan fingerprint density at radius 3 is 2.24 bits per heavy atom. The molecule has 0 aromatic heterocycles. The molecule has 0 saturated heterocycles. The molecule has 2 amide bonds. The first-order valence-corrected chi connectivity index (χ1v) is 10.9. The van der Waals surface area contributed by atoms with Crippen molar-refractivity contribution in [3.05, 3.63) is 89.2 Å². The average Bonchev–Trinajstić information content (AvgIpc) is 3.15. The van der Waals surface area contributed by atoms with Crippen LogP contribution in [-0.4, -0.2) is 36.2 Å². The van der Waals surface area contributed by atoms with Gasteiger partial charge in [-0.25, -0.2) is 14.0 Å². The van der Waals surface area contributed by atoms with Gasteiger partial charge in [-0.1, -0.05) is 48.5 Å². The van der Waals surface area contributed by atoms with Crippen molar-refractivity contribution >= 4 is 23.7 Å². The average molecular weight is 462 g/mol. The number of halogens is 1. The number of aromatic carboxylic acids is 1. The molecule has 3 aromatic rings. The Bertz CT molecular complexity index is 1200. The lowest BCUT2D eigenvalue weighted by Crippen LogP contribution is -2.27. The number of carbonyl (C=O) groups is 3. The number of amides is 2. The second kappa shape index (κ2) is 10.2. The van der Waals surface area contributed by atoms with E-state index in [0.717, 1.165) is 40.5 Å². The smallest absolute Gasteiger partial charge is 0.407 e. The van der Waals surface area contributed by atoms with E-state index in [-0.39, 0.29) is 36.7 Å². The summed E-state index contributed by atoms with van der Waals surface area (Å²) in [5.41, 5.74) is 4.19. The minimum atomic E-state index is -1.22. The molecule has 0 aliphatic heterocycles. The molecule has 7 nitrogen and oxygen atoms in total. The van der Waals surface area contributed by atoms with Crippen molar-refractivity contribution in [1.29, 1.82) is 0 Å². The first-order valence-electron chi connectivity index (χ1n) is 10.9. The lowest BCUT2D eigenvalue weighted by molar-refractivity contribution is -0.116. The van der Waals surface area contributed by atoms with Crippen LogP contribution in [0.25, 0.3) is 11.1 Å². The Morgan fingerprint density at radius 1 is 0.941 bits per heavy atom. The largest absolute Gasteiger partial charge is 0.478 e. The highest BCUT2D eigenvalue weighted by atomic mass is 19.1. The van der Waals surface area contributed by atoms with Gasteiger partial charge in [-0.15, -0.1) is 0 Å². The number of carboxylic acids is 1. The molecule has 8 heteroatoms. The van der Waals surface area contributed by atoms with Gasteiger partial charge < -0.3 is 20.5 Å². The van der Waals surface area contributed by atoms with Crippen LogP contribution in [0.5, 0.6) is 0 Å². The topological polar surface area (TPSA) is 105 Å². The van der Waals surface area contributed by atoms with E-state index in [0.29, 0.717) is 6.42 Å². The van der Waals surface area contributed by atoms with Gasteiger partial charge >= 0.3 is 12.1 Å². The minimum absolute atomic E-state index is 0.0143. The van der Waals surface area contributed by atoms with Crippen molar-refractivity contribution in [2.75, 3.05) is 18.5 Å².